The van der Waals surface area contributed by atoms with Gasteiger partial charge in [0.2, 0.25) is 0 Å². The molecule has 1 heterocycles. The fourth-order valence-corrected chi connectivity index (χ4v) is 1.48. The lowest BCUT2D eigenvalue weighted by molar-refractivity contribution is -0.384. The van der Waals surface area contributed by atoms with Gasteiger partial charge in [-0.3, -0.25) is 10.1 Å². The maximum Gasteiger partial charge on any atom is 0.269 e. The van der Waals surface area contributed by atoms with Crippen LogP contribution in [0.4, 0.5) is 5.69 Å². The second-order valence-electron chi connectivity index (χ2n) is 2.56. The minimum absolute atomic E-state index is 0.0731. The summed E-state index contributed by atoms with van der Waals surface area (Å²) < 4.78 is 4.02. The average molecular weight is 207 g/mol. The molecule has 0 saturated carbocycles. The van der Waals surface area contributed by atoms with E-state index in [1.165, 1.54) is 23.7 Å². The van der Waals surface area contributed by atoms with Crippen LogP contribution in [0, 0.1) is 10.1 Å². The average Bonchev–Trinajstić information content (AvgIpc) is 2.71. The molecule has 0 aliphatic heterocycles. The molecule has 0 radical (unpaired) electrons. The van der Waals surface area contributed by atoms with Gasteiger partial charge in [-0.05, 0) is 23.7 Å². The van der Waals surface area contributed by atoms with E-state index in [1.54, 1.807) is 17.6 Å². The van der Waals surface area contributed by atoms with Gasteiger partial charge in [0, 0.05) is 17.7 Å². The Bertz CT molecular complexity index is 438. The summed E-state index contributed by atoms with van der Waals surface area (Å²) in [7, 11) is 0. The molecular weight excluding hydrogens is 202 g/mol. The zero-order valence-electron chi connectivity index (χ0n) is 6.95. The van der Waals surface area contributed by atoms with Crippen LogP contribution in [-0.4, -0.2) is 14.3 Å². The van der Waals surface area contributed by atoms with Gasteiger partial charge in [0.25, 0.3) is 5.69 Å². The maximum atomic E-state index is 10.4. The Labute approximate surface area is 83.4 Å². The molecule has 1 aromatic carbocycles. The van der Waals surface area contributed by atoms with Crippen molar-refractivity contribution in [3.8, 4) is 11.4 Å². The van der Waals surface area contributed by atoms with Gasteiger partial charge in [-0.1, -0.05) is 0 Å². The molecule has 0 unspecified atom stereocenters. The molecule has 0 bridgehead atoms. The molecule has 0 fully saturated rings. The third-order valence-electron chi connectivity index (χ3n) is 1.70. The summed E-state index contributed by atoms with van der Waals surface area (Å²) in [5, 5.41) is 10.4. The van der Waals surface area contributed by atoms with E-state index in [2.05, 4.69) is 9.36 Å². The maximum absolute atomic E-state index is 10.4. The van der Waals surface area contributed by atoms with Crippen LogP contribution in [0.25, 0.3) is 11.4 Å². The zero-order chi connectivity index (χ0) is 9.97. The summed E-state index contributed by atoms with van der Waals surface area (Å²) >= 11 is 1.25. The van der Waals surface area contributed by atoms with Gasteiger partial charge in [-0.25, -0.2) is 4.98 Å². The molecule has 1 aromatic heterocycles. The lowest BCUT2D eigenvalue weighted by Crippen LogP contribution is -1.87. The lowest BCUT2D eigenvalue weighted by atomic mass is 10.2. The second kappa shape index (κ2) is 3.51. The zero-order valence-corrected chi connectivity index (χ0v) is 7.77. The number of nitro groups is 1. The van der Waals surface area contributed by atoms with Crippen LogP contribution in [0.3, 0.4) is 0 Å². The molecule has 6 heteroatoms. The number of nitrogens with zero attached hydrogens (tertiary/aromatic N) is 3. The Hall–Kier alpha value is -1.82. The highest BCUT2D eigenvalue weighted by atomic mass is 32.1. The highest BCUT2D eigenvalue weighted by molar-refractivity contribution is 7.03. The first-order valence-corrected chi connectivity index (χ1v) is 4.62. The molecule has 0 aliphatic rings. The van der Waals surface area contributed by atoms with E-state index in [1.807, 2.05) is 0 Å². The molecule has 5 nitrogen and oxygen atoms in total. The molecule has 2 rings (SSSR count). The van der Waals surface area contributed by atoms with Crippen molar-refractivity contribution in [1.29, 1.82) is 0 Å². The van der Waals surface area contributed by atoms with E-state index in [9.17, 15) is 10.1 Å². The van der Waals surface area contributed by atoms with E-state index in [4.69, 9.17) is 0 Å². The smallest absolute Gasteiger partial charge is 0.258 e. The highest BCUT2D eigenvalue weighted by Crippen LogP contribution is 2.19. The monoisotopic (exact) mass is 207 g/mol. The van der Waals surface area contributed by atoms with Crippen molar-refractivity contribution in [1.82, 2.24) is 9.36 Å². The molecule has 0 aliphatic carbocycles. The number of hydrogen-bond acceptors (Lipinski definition) is 5. The van der Waals surface area contributed by atoms with Crippen molar-refractivity contribution in [3.63, 3.8) is 0 Å². The Kier molecular flexibility index (Phi) is 2.19. The van der Waals surface area contributed by atoms with Gasteiger partial charge in [-0.2, -0.15) is 4.37 Å². The highest BCUT2D eigenvalue weighted by Gasteiger charge is 2.06. The fourth-order valence-electron chi connectivity index (χ4n) is 1.03. The van der Waals surface area contributed by atoms with Crippen molar-refractivity contribution >= 4 is 17.2 Å². The summed E-state index contributed by atoms with van der Waals surface area (Å²) in [5.41, 5.74) is 2.48. The van der Waals surface area contributed by atoms with Crippen molar-refractivity contribution in [2.45, 2.75) is 0 Å². The summed E-state index contributed by atoms with van der Waals surface area (Å²) in [6, 6.07) is 6.16. The van der Waals surface area contributed by atoms with E-state index in [-0.39, 0.29) is 5.69 Å². The van der Waals surface area contributed by atoms with E-state index in [0.29, 0.717) is 5.82 Å². The molecule has 0 atom stereocenters. The molecule has 0 saturated heterocycles. The molecule has 0 amide bonds. The lowest BCUT2D eigenvalue weighted by Gasteiger charge is -1.93. The van der Waals surface area contributed by atoms with E-state index in [0.717, 1.165) is 5.56 Å². The summed E-state index contributed by atoms with van der Waals surface area (Å²) in [6.07, 6.45) is 0. The minimum atomic E-state index is -0.432. The molecule has 70 valence electrons. The van der Waals surface area contributed by atoms with Crippen LogP contribution in [0.1, 0.15) is 0 Å². The van der Waals surface area contributed by atoms with Crippen molar-refractivity contribution in [2.24, 2.45) is 0 Å². The molecule has 0 N–H and O–H groups in total. The van der Waals surface area contributed by atoms with Crippen LogP contribution < -0.4 is 0 Å². The number of nitro benzene ring substituents is 1. The van der Waals surface area contributed by atoms with Crippen molar-refractivity contribution in [2.75, 3.05) is 0 Å². The van der Waals surface area contributed by atoms with Gasteiger partial charge in [-0.15, -0.1) is 0 Å². The van der Waals surface area contributed by atoms with E-state index < -0.39 is 4.92 Å². The summed E-state index contributed by atoms with van der Waals surface area (Å²) in [6.45, 7) is 0. The first kappa shape index (κ1) is 8.76. The molecule has 0 spiro atoms. The topological polar surface area (TPSA) is 68.9 Å². The van der Waals surface area contributed by atoms with Crippen LogP contribution in [0.15, 0.2) is 29.8 Å². The first-order chi connectivity index (χ1) is 6.77. The Morgan fingerprint density at radius 3 is 2.50 bits per heavy atom. The Morgan fingerprint density at radius 1 is 1.29 bits per heavy atom. The number of benzene rings is 1. The van der Waals surface area contributed by atoms with Gasteiger partial charge < -0.3 is 0 Å². The second-order valence-corrected chi connectivity index (χ2v) is 3.16. The quantitative estimate of drug-likeness (QED) is 0.558. The standard InChI is InChI=1S/C8H5N3O2S/c12-11(13)7-3-1-6(2-4-7)8-9-5-14-10-8/h1-5H. The first-order valence-electron chi connectivity index (χ1n) is 3.78. The SMILES string of the molecule is O=[N+]([O-])c1ccc(-c2ncsn2)cc1. The van der Waals surface area contributed by atoms with Crippen LogP contribution in [-0.2, 0) is 0 Å². The summed E-state index contributed by atoms with van der Waals surface area (Å²) in [4.78, 5) is 13.9. The molecule has 2 aromatic rings. The predicted octanol–water partition coefficient (Wildman–Crippen LogP) is 2.11. The Morgan fingerprint density at radius 2 is 2.00 bits per heavy atom. The summed E-state index contributed by atoms with van der Waals surface area (Å²) in [5.74, 6) is 0.602. The van der Waals surface area contributed by atoms with Gasteiger partial charge in [0.05, 0.1) is 4.92 Å². The number of non-ortho nitro benzene ring substituents is 1. The fraction of sp³-hybridized carbons (Fsp3) is 0. The van der Waals surface area contributed by atoms with Gasteiger partial charge >= 0.3 is 0 Å². The van der Waals surface area contributed by atoms with Gasteiger partial charge in [0.1, 0.15) is 5.51 Å². The van der Waals surface area contributed by atoms with Gasteiger partial charge in [0.15, 0.2) is 5.82 Å². The largest absolute Gasteiger partial charge is 0.269 e. The normalized spacial score (nSPS) is 10.0. The molecule has 14 heavy (non-hydrogen) atoms. The van der Waals surface area contributed by atoms with E-state index >= 15 is 0 Å². The number of hydrogen-bond donors (Lipinski definition) is 0. The Balaban J connectivity index is 2.36. The minimum Gasteiger partial charge on any atom is -0.258 e. The van der Waals surface area contributed by atoms with Crippen LogP contribution >= 0.6 is 11.5 Å². The van der Waals surface area contributed by atoms with Crippen molar-refractivity contribution < 1.29 is 4.92 Å². The number of aromatic nitrogens is 2. The third kappa shape index (κ3) is 1.60. The predicted molar refractivity (Wildman–Crippen MR) is 52.0 cm³/mol. The molecular formula is C8H5N3O2S. The van der Waals surface area contributed by atoms with Crippen molar-refractivity contribution in [3.05, 3.63) is 39.9 Å². The van der Waals surface area contributed by atoms with Crippen LogP contribution in [0.5, 0.6) is 0 Å². The number of rotatable bonds is 2. The van der Waals surface area contributed by atoms with Crippen LogP contribution in [0.2, 0.25) is 0 Å². The third-order valence-corrected chi connectivity index (χ3v) is 2.18.